The molecule has 1 saturated carbocycles. The number of nitrogens with two attached hydrogens (primary N) is 1. The molecule has 3 rings (SSSR count). The van der Waals surface area contributed by atoms with E-state index < -0.39 is 6.03 Å². The fraction of sp³-hybridized carbons (Fsp3) is 0.316. The summed E-state index contributed by atoms with van der Waals surface area (Å²) >= 11 is 0. The molecule has 0 unspecified atom stereocenters. The van der Waals surface area contributed by atoms with E-state index in [1.807, 2.05) is 48.5 Å². The van der Waals surface area contributed by atoms with Crippen LogP contribution in [0.5, 0.6) is 11.5 Å². The fourth-order valence-corrected chi connectivity index (χ4v) is 3.33. The molecule has 2 aromatic rings. The van der Waals surface area contributed by atoms with Crippen molar-refractivity contribution < 1.29 is 14.7 Å². The number of benzene rings is 2. The zero-order valence-electron chi connectivity index (χ0n) is 13.5. The number of rotatable bonds is 4. The van der Waals surface area contributed by atoms with Gasteiger partial charge in [-0.05, 0) is 55.0 Å². The van der Waals surface area contributed by atoms with E-state index in [1.54, 1.807) is 0 Å². The van der Waals surface area contributed by atoms with Crippen molar-refractivity contribution in [3.8, 4) is 11.5 Å². The van der Waals surface area contributed by atoms with Crippen molar-refractivity contribution in [2.45, 2.75) is 37.6 Å². The molecule has 1 aliphatic rings. The molecular formula is C19H22N2O3. The Hall–Kier alpha value is -2.53. The molecule has 1 fully saturated rings. The Morgan fingerprint density at radius 2 is 1.83 bits per heavy atom. The first-order valence-electron chi connectivity index (χ1n) is 8.24. The molecule has 0 aliphatic heterocycles. The summed E-state index contributed by atoms with van der Waals surface area (Å²) in [5.41, 5.74) is 6.34. The molecule has 0 spiro atoms. The summed E-state index contributed by atoms with van der Waals surface area (Å²) in [6.07, 6.45) is 3.45. The van der Waals surface area contributed by atoms with Crippen LogP contribution in [0, 0.1) is 0 Å². The van der Waals surface area contributed by atoms with Crippen molar-refractivity contribution in [1.29, 1.82) is 0 Å². The molecule has 24 heavy (non-hydrogen) atoms. The monoisotopic (exact) mass is 326 g/mol. The van der Waals surface area contributed by atoms with Gasteiger partial charge in [-0.25, -0.2) is 9.86 Å². The average Bonchev–Trinajstić information content (AvgIpc) is 2.62. The largest absolute Gasteiger partial charge is 0.457 e. The number of hydroxylamine groups is 2. The minimum atomic E-state index is -0.790. The van der Waals surface area contributed by atoms with E-state index in [4.69, 9.17) is 10.5 Å². The molecule has 0 radical (unpaired) electrons. The Bertz CT molecular complexity index is 690. The summed E-state index contributed by atoms with van der Waals surface area (Å²) in [6.45, 7) is 0. The first-order chi connectivity index (χ1) is 11.6. The number of carbonyl (C=O) groups excluding carboxylic acids is 1. The fourth-order valence-electron chi connectivity index (χ4n) is 3.33. The Labute approximate surface area is 141 Å². The van der Waals surface area contributed by atoms with Crippen molar-refractivity contribution >= 4 is 6.03 Å². The second-order valence-corrected chi connectivity index (χ2v) is 6.19. The van der Waals surface area contributed by atoms with Crippen molar-refractivity contribution in [1.82, 2.24) is 5.06 Å². The predicted molar refractivity (Wildman–Crippen MR) is 91.2 cm³/mol. The summed E-state index contributed by atoms with van der Waals surface area (Å²) < 4.78 is 5.89. The third kappa shape index (κ3) is 3.86. The number of amides is 2. The maximum Gasteiger partial charge on any atom is 0.338 e. The highest BCUT2D eigenvalue weighted by Crippen LogP contribution is 2.36. The molecule has 2 atom stereocenters. The van der Waals surface area contributed by atoms with Gasteiger partial charge in [0.25, 0.3) is 0 Å². The third-order valence-electron chi connectivity index (χ3n) is 4.53. The highest BCUT2D eigenvalue weighted by molar-refractivity contribution is 5.70. The maximum atomic E-state index is 11.2. The SMILES string of the molecule is NC(=O)N(O)[C@@H]1CCC[C@@H](c2cccc(Oc3ccccc3)c2)C1. The van der Waals surface area contributed by atoms with Gasteiger partial charge in [0, 0.05) is 0 Å². The molecule has 0 bridgehead atoms. The number of para-hydroxylation sites is 1. The standard InChI is InChI=1S/C19H22N2O3/c20-19(22)21(23)16-8-4-6-14(12-16)15-7-5-11-18(13-15)24-17-9-2-1-3-10-17/h1-3,5,7,9-11,13-14,16,23H,4,6,8,12H2,(H2,20,22)/t14-,16-/m1/s1. The van der Waals surface area contributed by atoms with E-state index in [0.29, 0.717) is 11.5 Å². The molecule has 2 amide bonds. The summed E-state index contributed by atoms with van der Waals surface area (Å²) in [7, 11) is 0. The topological polar surface area (TPSA) is 75.8 Å². The van der Waals surface area contributed by atoms with E-state index in [1.165, 1.54) is 0 Å². The Morgan fingerprint density at radius 1 is 1.08 bits per heavy atom. The number of hydrogen-bond acceptors (Lipinski definition) is 3. The average molecular weight is 326 g/mol. The normalized spacial score (nSPS) is 20.4. The van der Waals surface area contributed by atoms with Crippen LogP contribution in [0.15, 0.2) is 54.6 Å². The lowest BCUT2D eigenvalue weighted by Crippen LogP contribution is -2.43. The van der Waals surface area contributed by atoms with Crippen LogP contribution < -0.4 is 10.5 Å². The van der Waals surface area contributed by atoms with Crippen LogP contribution in [-0.4, -0.2) is 22.3 Å². The molecule has 5 heteroatoms. The van der Waals surface area contributed by atoms with Gasteiger partial charge in [-0.1, -0.05) is 36.8 Å². The predicted octanol–water partition coefficient (Wildman–Crippen LogP) is 4.28. The van der Waals surface area contributed by atoms with Crippen molar-refractivity contribution in [2.75, 3.05) is 0 Å². The second-order valence-electron chi connectivity index (χ2n) is 6.19. The van der Waals surface area contributed by atoms with Crippen molar-refractivity contribution in [3.63, 3.8) is 0 Å². The van der Waals surface area contributed by atoms with Crippen LogP contribution >= 0.6 is 0 Å². The van der Waals surface area contributed by atoms with Gasteiger partial charge in [0.1, 0.15) is 11.5 Å². The van der Waals surface area contributed by atoms with Gasteiger partial charge < -0.3 is 10.5 Å². The summed E-state index contributed by atoms with van der Waals surface area (Å²) in [6, 6.07) is 16.6. The first-order valence-corrected chi connectivity index (χ1v) is 8.24. The van der Waals surface area contributed by atoms with E-state index in [-0.39, 0.29) is 12.0 Å². The Morgan fingerprint density at radius 3 is 2.58 bits per heavy atom. The molecule has 0 aromatic heterocycles. The molecule has 0 heterocycles. The van der Waals surface area contributed by atoms with Crippen LogP contribution in [0.2, 0.25) is 0 Å². The van der Waals surface area contributed by atoms with E-state index in [0.717, 1.165) is 36.3 Å². The highest BCUT2D eigenvalue weighted by Gasteiger charge is 2.29. The van der Waals surface area contributed by atoms with Crippen LogP contribution in [0.3, 0.4) is 0 Å². The van der Waals surface area contributed by atoms with Gasteiger partial charge >= 0.3 is 6.03 Å². The Kier molecular flexibility index (Phi) is 5.01. The number of ether oxygens (including phenoxy) is 1. The first kappa shape index (κ1) is 16.3. The van der Waals surface area contributed by atoms with Gasteiger partial charge in [-0.2, -0.15) is 0 Å². The zero-order chi connectivity index (χ0) is 16.9. The zero-order valence-corrected chi connectivity index (χ0v) is 13.5. The quantitative estimate of drug-likeness (QED) is 0.650. The van der Waals surface area contributed by atoms with Gasteiger partial charge in [-0.3, -0.25) is 5.21 Å². The summed E-state index contributed by atoms with van der Waals surface area (Å²) in [5, 5.41) is 10.5. The molecule has 126 valence electrons. The highest BCUT2D eigenvalue weighted by atomic mass is 16.5. The summed E-state index contributed by atoms with van der Waals surface area (Å²) in [4.78, 5) is 11.2. The number of urea groups is 1. The lowest BCUT2D eigenvalue weighted by atomic mass is 9.81. The molecule has 0 saturated heterocycles. The van der Waals surface area contributed by atoms with Crippen LogP contribution in [0.4, 0.5) is 4.79 Å². The molecule has 5 nitrogen and oxygen atoms in total. The number of hydrogen-bond donors (Lipinski definition) is 2. The van der Waals surface area contributed by atoms with E-state index >= 15 is 0 Å². The molecule has 1 aliphatic carbocycles. The number of carbonyl (C=O) groups is 1. The van der Waals surface area contributed by atoms with Gasteiger partial charge in [-0.15, -0.1) is 0 Å². The number of nitrogens with zero attached hydrogens (tertiary/aromatic N) is 1. The molecule has 2 aromatic carbocycles. The van der Waals surface area contributed by atoms with Crippen molar-refractivity contribution in [3.05, 3.63) is 60.2 Å². The molecular weight excluding hydrogens is 304 g/mol. The van der Waals surface area contributed by atoms with E-state index in [2.05, 4.69) is 6.07 Å². The van der Waals surface area contributed by atoms with Crippen LogP contribution in [-0.2, 0) is 0 Å². The van der Waals surface area contributed by atoms with Gasteiger partial charge in [0.2, 0.25) is 0 Å². The second kappa shape index (κ2) is 7.36. The minimum absolute atomic E-state index is 0.222. The smallest absolute Gasteiger partial charge is 0.338 e. The van der Waals surface area contributed by atoms with Crippen LogP contribution in [0.25, 0.3) is 0 Å². The molecule has 3 N–H and O–H groups in total. The van der Waals surface area contributed by atoms with Gasteiger partial charge in [0.15, 0.2) is 0 Å². The van der Waals surface area contributed by atoms with Crippen molar-refractivity contribution in [2.24, 2.45) is 5.73 Å². The van der Waals surface area contributed by atoms with Gasteiger partial charge in [0.05, 0.1) is 6.04 Å². The number of primary amides is 1. The maximum absolute atomic E-state index is 11.2. The van der Waals surface area contributed by atoms with E-state index in [9.17, 15) is 10.0 Å². The third-order valence-corrected chi connectivity index (χ3v) is 4.53. The lowest BCUT2D eigenvalue weighted by Gasteiger charge is -2.33. The summed E-state index contributed by atoms with van der Waals surface area (Å²) in [5.74, 6) is 1.86. The van der Waals surface area contributed by atoms with Crippen LogP contribution in [0.1, 0.15) is 37.2 Å². The Balaban J connectivity index is 1.72. The lowest BCUT2D eigenvalue weighted by molar-refractivity contribution is -0.0858. The minimum Gasteiger partial charge on any atom is -0.457 e.